The second kappa shape index (κ2) is 14.0. The molecule has 9 aromatic carbocycles. The van der Waals surface area contributed by atoms with E-state index in [4.69, 9.17) is 14.4 Å². The van der Waals surface area contributed by atoms with Crippen LogP contribution >= 0.6 is 0 Å². The van der Waals surface area contributed by atoms with Crippen molar-refractivity contribution in [2.45, 2.75) is 0 Å². The number of rotatable bonds is 6. The van der Waals surface area contributed by atoms with Crippen LogP contribution in [0.1, 0.15) is 0 Å². The van der Waals surface area contributed by atoms with E-state index in [2.05, 4.69) is 185 Å². The number of hydrogen-bond donors (Lipinski definition) is 0. The molecular formula is C58H36N4O. The summed E-state index contributed by atoms with van der Waals surface area (Å²) in [6.45, 7) is 0. The van der Waals surface area contributed by atoms with Crippen LogP contribution in [0.2, 0.25) is 0 Å². The highest BCUT2D eigenvalue weighted by Gasteiger charge is 2.24. The van der Waals surface area contributed by atoms with E-state index in [1.165, 1.54) is 21.8 Å². The highest BCUT2D eigenvalue weighted by molar-refractivity contribution is 6.26. The first kappa shape index (κ1) is 35.2. The fraction of sp³-hybridized carbons (Fsp3) is 0. The number of para-hydroxylation sites is 4. The van der Waals surface area contributed by atoms with E-state index >= 15 is 0 Å². The normalized spacial score (nSPS) is 11.8. The molecule has 0 N–H and O–H groups in total. The third kappa shape index (κ3) is 5.57. The lowest BCUT2D eigenvalue weighted by molar-refractivity contribution is 0.671. The molecule has 0 bridgehead atoms. The summed E-state index contributed by atoms with van der Waals surface area (Å²) in [7, 11) is 0. The molecule has 0 saturated heterocycles. The molecule has 0 aliphatic heterocycles. The lowest BCUT2D eigenvalue weighted by Crippen LogP contribution is -1.97. The topological polar surface area (TPSA) is 48.8 Å². The van der Waals surface area contributed by atoms with E-state index < -0.39 is 0 Å². The van der Waals surface area contributed by atoms with Gasteiger partial charge in [0.2, 0.25) is 0 Å². The maximum absolute atomic E-state index is 6.89. The maximum atomic E-state index is 6.89. The number of nitrogens with zero attached hydrogens (tertiary/aromatic N) is 4. The Bertz CT molecular complexity index is 3820. The largest absolute Gasteiger partial charge is 0.454 e. The molecule has 5 nitrogen and oxygen atoms in total. The van der Waals surface area contributed by atoms with Crippen molar-refractivity contribution in [3.05, 3.63) is 218 Å². The lowest BCUT2D eigenvalue weighted by atomic mass is 9.95. The number of benzene rings is 9. The van der Waals surface area contributed by atoms with Gasteiger partial charge in [0.1, 0.15) is 5.58 Å². The molecule has 0 atom stereocenters. The third-order valence-electron chi connectivity index (χ3n) is 12.5. The third-order valence-corrected chi connectivity index (χ3v) is 12.5. The van der Waals surface area contributed by atoms with Gasteiger partial charge in [0.25, 0.3) is 0 Å². The zero-order valence-corrected chi connectivity index (χ0v) is 34.0. The van der Waals surface area contributed by atoms with E-state index in [1.54, 1.807) is 0 Å². The molecule has 0 aliphatic carbocycles. The molecule has 63 heavy (non-hydrogen) atoms. The van der Waals surface area contributed by atoms with Crippen LogP contribution < -0.4 is 0 Å². The predicted molar refractivity (Wildman–Crippen MR) is 260 cm³/mol. The van der Waals surface area contributed by atoms with E-state index in [0.29, 0.717) is 5.82 Å². The first-order valence-corrected chi connectivity index (χ1v) is 21.3. The average Bonchev–Trinajstić information content (AvgIpc) is 4.02. The molecule has 0 aliphatic rings. The summed E-state index contributed by atoms with van der Waals surface area (Å²) in [6, 6.07) is 77.2. The molecule has 0 spiro atoms. The van der Waals surface area contributed by atoms with Crippen molar-refractivity contribution in [1.29, 1.82) is 0 Å². The van der Waals surface area contributed by atoms with Crippen LogP contribution in [0, 0.1) is 0 Å². The van der Waals surface area contributed by atoms with E-state index in [9.17, 15) is 0 Å². The van der Waals surface area contributed by atoms with Gasteiger partial charge in [-0.2, -0.15) is 0 Å². The summed E-state index contributed by atoms with van der Waals surface area (Å²) in [4.78, 5) is 10.3. The minimum atomic E-state index is 0.676. The monoisotopic (exact) mass is 804 g/mol. The fourth-order valence-electron chi connectivity index (χ4n) is 9.67. The van der Waals surface area contributed by atoms with E-state index in [0.717, 1.165) is 94.3 Å². The summed E-state index contributed by atoms with van der Waals surface area (Å²) in [5.41, 5.74) is 15.5. The summed E-state index contributed by atoms with van der Waals surface area (Å²) in [6.07, 6.45) is 0. The van der Waals surface area contributed by atoms with Crippen LogP contribution in [-0.2, 0) is 0 Å². The molecule has 5 heteroatoms. The van der Waals surface area contributed by atoms with Gasteiger partial charge < -0.3 is 13.6 Å². The minimum Gasteiger partial charge on any atom is -0.454 e. The quantitative estimate of drug-likeness (QED) is 0.168. The van der Waals surface area contributed by atoms with Crippen molar-refractivity contribution < 1.29 is 4.42 Å². The van der Waals surface area contributed by atoms with Crippen LogP contribution in [-0.4, -0.2) is 19.1 Å². The van der Waals surface area contributed by atoms with Crippen LogP contribution in [0.25, 0.3) is 122 Å². The molecule has 0 unspecified atom stereocenters. The van der Waals surface area contributed by atoms with Gasteiger partial charge in [-0.3, -0.25) is 0 Å². The predicted octanol–water partition coefficient (Wildman–Crippen LogP) is 15.2. The molecule has 294 valence electrons. The molecular weight excluding hydrogens is 769 g/mol. The minimum absolute atomic E-state index is 0.676. The van der Waals surface area contributed by atoms with Gasteiger partial charge in [-0.15, -0.1) is 0 Å². The zero-order valence-electron chi connectivity index (χ0n) is 34.0. The van der Waals surface area contributed by atoms with Crippen molar-refractivity contribution in [2.75, 3.05) is 0 Å². The fourth-order valence-corrected chi connectivity index (χ4v) is 9.67. The Morgan fingerprint density at radius 2 is 0.889 bits per heavy atom. The number of aromatic nitrogens is 4. The highest BCUT2D eigenvalue weighted by atomic mass is 16.3. The van der Waals surface area contributed by atoms with Crippen LogP contribution in [0.4, 0.5) is 0 Å². The summed E-state index contributed by atoms with van der Waals surface area (Å²) < 4.78 is 11.6. The van der Waals surface area contributed by atoms with Crippen LogP contribution in [0.5, 0.6) is 0 Å². The van der Waals surface area contributed by atoms with Crippen LogP contribution in [0.3, 0.4) is 0 Å². The van der Waals surface area contributed by atoms with Gasteiger partial charge >= 0.3 is 0 Å². The first-order chi connectivity index (χ1) is 31.2. The SMILES string of the molecule is c1ccc(-c2cc(-c3ccccc3)nc(-c3ccc(-n4c5ccccc5c5c(-c6ccc7c(c6)c6ccccc6n7-c6ccccc6)cc6c7ccccc7oc6c54)cc3)n2)cc1. The average molecular weight is 805 g/mol. The van der Waals surface area contributed by atoms with Gasteiger partial charge in [-0.05, 0) is 90.0 Å². The standard InChI is InChI=1S/C58H36N4O/c1-4-16-37(17-5-1)49-36-50(38-18-6-2-7-19-38)60-58(59-49)39-28-31-42(32-29-39)62-52-26-14-11-24-45(52)55-46(35-48-44-23-12-15-27-54(44)63-57(48)56(55)62)40-30-33-53-47(34-40)43-22-10-13-25-51(43)61(53)41-20-8-3-9-21-41/h1-36H. The van der Waals surface area contributed by atoms with Crippen molar-refractivity contribution >= 4 is 65.6 Å². The summed E-state index contributed by atoms with van der Waals surface area (Å²) >= 11 is 0. The van der Waals surface area contributed by atoms with Crippen molar-refractivity contribution in [3.63, 3.8) is 0 Å². The van der Waals surface area contributed by atoms with Crippen molar-refractivity contribution in [3.8, 4) is 56.4 Å². The van der Waals surface area contributed by atoms with E-state index in [-0.39, 0.29) is 0 Å². The van der Waals surface area contributed by atoms with Gasteiger partial charge in [-0.25, -0.2) is 9.97 Å². The Morgan fingerprint density at radius 1 is 0.349 bits per heavy atom. The maximum Gasteiger partial charge on any atom is 0.160 e. The Balaban J connectivity index is 1.04. The molecule has 4 aromatic heterocycles. The zero-order chi connectivity index (χ0) is 41.4. The van der Waals surface area contributed by atoms with Crippen LogP contribution in [0.15, 0.2) is 223 Å². The van der Waals surface area contributed by atoms with Gasteiger partial charge in [0, 0.05) is 60.4 Å². The Morgan fingerprint density at radius 3 is 1.59 bits per heavy atom. The Labute approximate surface area is 362 Å². The summed E-state index contributed by atoms with van der Waals surface area (Å²) in [5.74, 6) is 0.676. The molecule has 0 saturated carbocycles. The first-order valence-electron chi connectivity index (χ1n) is 21.3. The number of furan rings is 1. The van der Waals surface area contributed by atoms with Gasteiger partial charge in [0.05, 0.1) is 33.5 Å². The second-order valence-corrected chi connectivity index (χ2v) is 16.1. The molecule has 0 radical (unpaired) electrons. The summed E-state index contributed by atoms with van der Waals surface area (Å²) in [5, 5.41) is 6.92. The smallest absolute Gasteiger partial charge is 0.160 e. The molecule has 0 amide bonds. The Hall–Kier alpha value is -8.54. The second-order valence-electron chi connectivity index (χ2n) is 16.1. The molecule has 13 aromatic rings. The lowest BCUT2D eigenvalue weighted by Gasteiger charge is -2.12. The molecule has 13 rings (SSSR count). The number of hydrogen-bond acceptors (Lipinski definition) is 3. The van der Waals surface area contributed by atoms with Gasteiger partial charge in [0.15, 0.2) is 11.4 Å². The van der Waals surface area contributed by atoms with Crippen molar-refractivity contribution in [2.24, 2.45) is 0 Å². The number of fused-ring (bicyclic) bond motifs is 10. The van der Waals surface area contributed by atoms with Gasteiger partial charge in [-0.1, -0.05) is 140 Å². The van der Waals surface area contributed by atoms with Crippen molar-refractivity contribution in [1.82, 2.24) is 19.1 Å². The van der Waals surface area contributed by atoms with E-state index in [1.807, 2.05) is 42.5 Å². The molecule has 4 heterocycles. The Kier molecular flexibility index (Phi) is 7.84. The molecule has 0 fully saturated rings. The highest BCUT2D eigenvalue weighted by Crippen LogP contribution is 2.46.